The zero-order chi connectivity index (χ0) is 21.9. The van der Waals surface area contributed by atoms with E-state index in [0.29, 0.717) is 31.7 Å². The average molecular weight is 437 g/mol. The van der Waals surface area contributed by atoms with Gasteiger partial charge in [0.2, 0.25) is 5.91 Å². The monoisotopic (exact) mass is 436 g/mol. The number of nitrogens with zero attached hydrogens (tertiary/aromatic N) is 2. The van der Waals surface area contributed by atoms with Gasteiger partial charge in [-0.15, -0.1) is 0 Å². The van der Waals surface area contributed by atoms with Gasteiger partial charge in [0.15, 0.2) is 5.78 Å². The van der Waals surface area contributed by atoms with Gasteiger partial charge >= 0.3 is 6.18 Å². The SMILES string of the molecule is CC(=O)c1ccc(N2CCN(C(=O)C=Cc3ccc(Cl)c(C(F)(F)F)c3)CC2)cc1. The molecule has 2 aromatic carbocycles. The van der Waals surface area contributed by atoms with Crippen LogP contribution in [-0.2, 0) is 11.0 Å². The second-order valence-electron chi connectivity index (χ2n) is 6.99. The van der Waals surface area contributed by atoms with E-state index in [-0.39, 0.29) is 22.3 Å². The number of ketones is 1. The van der Waals surface area contributed by atoms with Gasteiger partial charge in [0, 0.05) is 43.5 Å². The van der Waals surface area contributed by atoms with Crippen LogP contribution in [0.2, 0.25) is 5.02 Å². The Hall–Kier alpha value is -2.80. The molecule has 1 aliphatic heterocycles. The summed E-state index contributed by atoms with van der Waals surface area (Å²) in [5, 5.41) is -0.376. The largest absolute Gasteiger partial charge is 0.417 e. The van der Waals surface area contributed by atoms with Crippen molar-refractivity contribution in [1.29, 1.82) is 0 Å². The first-order chi connectivity index (χ1) is 14.1. The summed E-state index contributed by atoms with van der Waals surface area (Å²) in [7, 11) is 0. The maximum atomic E-state index is 13.0. The van der Waals surface area contributed by atoms with Gasteiger partial charge in [0.05, 0.1) is 10.6 Å². The first-order valence-electron chi connectivity index (χ1n) is 9.35. The summed E-state index contributed by atoms with van der Waals surface area (Å²) >= 11 is 5.61. The number of rotatable bonds is 4. The van der Waals surface area contributed by atoms with Gasteiger partial charge in [-0.1, -0.05) is 17.7 Å². The van der Waals surface area contributed by atoms with Crippen molar-refractivity contribution in [1.82, 2.24) is 4.90 Å². The summed E-state index contributed by atoms with van der Waals surface area (Å²) in [6.07, 6.45) is -1.91. The Morgan fingerprint density at radius 3 is 2.20 bits per heavy atom. The molecule has 0 aliphatic carbocycles. The maximum Gasteiger partial charge on any atom is 0.417 e. The molecule has 30 heavy (non-hydrogen) atoms. The minimum Gasteiger partial charge on any atom is -0.368 e. The van der Waals surface area contributed by atoms with E-state index in [2.05, 4.69) is 4.90 Å². The highest BCUT2D eigenvalue weighted by molar-refractivity contribution is 6.31. The Morgan fingerprint density at radius 2 is 1.63 bits per heavy atom. The van der Waals surface area contributed by atoms with Gasteiger partial charge in [-0.3, -0.25) is 9.59 Å². The summed E-state index contributed by atoms with van der Waals surface area (Å²) in [5.41, 5.74) is 0.949. The summed E-state index contributed by atoms with van der Waals surface area (Å²) in [6, 6.07) is 10.8. The zero-order valence-electron chi connectivity index (χ0n) is 16.2. The lowest BCUT2D eigenvalue weighted by Crippen LogP contribution is -2.48. The third-order valence-electron chi connectivity index (χ3n) is 4.94. The van der Waals surface area contributed by atoms with Gasteiger partial charge in [-0.2, -0.15) is 13.2 Å². The number of carbonyl (C=O) groups excluding carboxylic acids is 2. The fourth-order valence-corrected chi connectivity index (χ4v) is 3.45. The highest BCUT2D eigenvalue weighted by atomic mass is 35.5. The molecule has 1 aliphatic rings. The van der Waals surface area contributed by atoms with Crippen molar-refractivity contribution < 1.29 is 22.8 Å². The summed E-state index contributed by atoms with van der Waals surface area (Å²) in [4.78, 5) is 27.6. The number of hydrogen-bond acceptors (Lipinski definition) is 3. The van der Waals surface area contributed by atoms with Crippen LogP contribution in [0, 0.1) is 0 Å². The predicted molar refractivity (Wildman–Crippen MR) is 111 cm³/mol. The van der Waals surface area contributed by atoms with Crippen LogP contribution >= 0.6 is 11.6 Å². The summed E-state index contributed by atoms with van der Waals surface area (Å²) < 4.78 is 38.9. The van der Waals surface area contributed by atoms with Crippen LogP contribution in [0.4, 0.5) is 18.9 Å². The van der Waals surface area contributed by atoms with Gasteiger partial charge in [-0.05, 0) is 55.0 Å². The summed E-state index contributed by atoms with van der Waals surface area (Å²) in [5.74, 6) is -0.253. The molecular weight excluding hydrogens is 417 g/mol. The standard InChI is InChI=1S/C22H20ClF3N2O2/c1-15(29)17-4-6-18(7-5-17)27-10-12-28(13-11-27)21(30)9-3-16-2-8-20(23)19(14-16)22(24,25)26/h2-9,14H,10-13H2,1H3. The third-order valence-corrected chi connectivity index (χ3v) is 5.27. The summed E-state index contributed by atoms with van der Waals surface area (Å²) in [6.45, 7) is 3.75. The molecule has 0 spiro atoms. The minimum atomic E-state index is -4.55. The molecule has 1 heterocycles. The van der Waals surface area contributed by atoms with Crippen molar-refractivity contribution in [3.05, 3.63) is 70.3 Å². The average Bonchev–Trinajstić information content (AvgIpc) is 2.72. The molecule has 158 valence electrons. The van der Waals surface area contributed by atoms with E-state index in [1.54, 1.807) is 17.0 Å². The molecule has 0 atom stereocenters. The molecule has 3 rings (SSSR count). The molecule has 4 nitrogen and oxygen atoms in total. The smallest absolute Gasteiger partial charge is 0.368 e. The van der Waals surface area contributed by atoms with Gasteiger partial charge < -0.3 is 9.80 Å². The number of halogens is 4. The maximum absolute atomic E-state index is 13.0. The Morgan fingerprint density at radius 1 is 1.00 bits per heavy atom. The molecule has 0 saturated carbocycles. The van der Waals surface area contributed by atoms with Gasteiger partial charge in [-0.25, -0.2) is 0 Å². The second-order valence-corrected chi connectivity index (χ2v) is 7.39. The van der Waals surface area contributed by atoms with E-state index < -0.39 is 11.7 Å². The molecule has 0 aromatic heterocycles. The van der Waals surface area contributed by atoms with E-state index in [1.165, 1.54) is 31.2 Å². The number of alkyl halides is 3. The molecule has 1 fully saturated rings. The first-order valence-corrected chi connectivity index (χ1v) is 9.72. The molecule has 1 amide bonds. The third kappa shape index (κ3) is 5.21. The molecule has 0 bridgehead atoms. The Balaban J connectivity index is 1.60. The van der Waals surface area contributed by atoms with E-state index in [0.717, 1.165) is 11.8 Å². The van der Waals surface area contributed by atoms with Crippen LogP contribution in [0.25, 0.3) is 6.08 Å². The van der Waals surface area contributed by atoms with Crippen LogP contribution in [0.5, 0.6) is 0 Å². The first kappa shape index (κ1) is 21.9. The quantitative estimate of drug-likeness (QED) is 0.504. The van der Waals surface area contributed by atoms with Crippen molar-refractivity contribution in [2.24, 2.45) is 0 Å². The minimum absolute atomic E-state index is 0.00629. The lowest BCUT2D eigenvalue weighted by Gasteiger charge is -2.35. The molecule has 0 radical (unpaired) electrons. The van der Waals surface area contributed by atoms with E-state index in [9.17, 15) is 22.8 Å². The Kier molecular flexibility index (Phi) is 6.51. The molecule has 8 heteroatoms. The van der Waals surface area contributed by atoms with Crippen molar-refractivity contribution in [2.75, 3.05) is 31.1 Å². The molecule has 2 aromatic rings. The van der Waals surface area contributed by atoms with E-state index in [4.69, 9.17) is 11.6 Å². The number of Topliss-reactive ketones (excluding diaryl/α,β-unsaturated/α-hetero) is 1. The predicted octanol–water partition coefficient (Wildman–Crippen LogP) is 4.92. The number of anilines is 1. The lowest BCUT2D eigenvalue weighted by atomic mass is 10.1. The number of hydrogen-bond donors (Lipinski definition) is 0. The van der Waals surface area contributed by atoms with Crippen LogP contribution in [0.3, 0.4) is 0 Å². The zero-order valence-corrected chi connectivity index (χ0v) is 17.0. The number of carbonyl (C=O) groups is 2. The molecule has 1 saturated heterocycles. The normalized spacial score (nSPS) is 15.0. The fourth-order valence-electron chi connectivity index (χ4n) is 3.23. The number of piperazine rings is 1. The van der Waals surface area contributed by atoms with Crippen LogP contribution < -0.4 is 4.90 Å². The highest BCUT2D eigenvalue weighted by Crippen LogP contribution is 2.35. The lowest BCUT2D eigenvalue weighted by molar-refractivity contribution is -0.137. The topological polar surface area (TPSA) is 40.6 Å². The Labute approximate surface area is 177 Å². The van der Waals surface area contributed by atoms with Crippen LogP contribution in [0.1, 0.15) is 28.4 Å². The number of amides is 1. The van der Waals surface area contributed by atoms with Crippen molar-refractivity contribution in [2.45, 2.75) is 13.1 Å². The molecular formula is C22H20ClF3N2O2. The van der Waals surface area contributed by atoms with Crippen LogP contribution in [0.15, 0.2) is 48.5 Å². The van der Waals surface area contributed by atoms with Crippen LogP contribution in [-0.4, -0.2) is 42.8 Å². The number of benzene rings is 2. The van der Waals surface area contributed by atoms with Crippen molar-refractivity contribution >= 4 is 35.1 Å². The van der Waals surface area contributed by atoms with E-state index in [1.807, 2.05) is 12.1 Å². The van der Waals surface area contributed by atoms with Gasteiger partial charge in [0.25, 0.3) is 0 Å². The highest BCUT2D eigenvalue weighted by Gasteiger charge is 2.33. The second kappa shape index (κ2) is 8.92. The molecule has 0 N–H and O–H groups in total. The van der Waals surface area contributed by atoms with Crippen molar-refractivity contribution in [3.8, 4) is 0 Å². The van der Waals surface area contributed by atoms with Gasteiger partial charge in [0.1, 0.15) is 0 Å². The fraction of sp³-hybridized carbons (Fsp3) is 0.273. The molecule has 0 unspecified atom stereocenters. The van der Waals surface area contributed by atoms with Crippen molar-refractivity contribution in [3.63, 3.8) is 0 Å². The Bertz CT molecular complexity index is 963. The van der Waals surface area contributed by atoms with E-state index >= 15 is 0 Å².